The Labute approximate surface area is 103 Å². The van der Waals surface area contributed by atoms with Crippen molar-refractivity contribution in [1.82, 2.24) is 0 Å². The highest BCUT2D eigenvalue weighted by molar-refractivity contribution is 5.24. The summed E-state index contributed by atoms with van der Waals surface area (Å²) in [6.07, 6.45) is -0.942. The molecule has 0 heterocycles. The molecule has 0 radical (unpaired) electrons. The number of rotatable bonds is 3. The van der Waals surface area contributed by atoms with Crippen molar-refractivity contribution < 1.29 is 18.3 Å². The number of benzene rings is 2. The molecule has 94 valence electrons. The lowest BCUT2D eigenvalue weighted by atomic mass is 10.0. The van der Waals surface area contributed by atoms with Gasteiger partial charge in [0.25, 0.3) is 0 Å². The van der Waals surface area contributed by atoms with Crippen molar-refractivity contribution in [2.45, 2.75) is 12.5 Å². The van der Waals surface area contributed by atoms with Crippen LogP contribution in [0.5, 0.6) is 0 Å². The Balaban J connectivity index is 2.15. The van der Waals surface area contributed by atoms with Gasteiger partial charge in [-0.1, -0.05) is 18.2 Å². The fourth-order valence-electron chi connectivity index (χ4n) is 1.70. The molecule has 0 aliphatic heterocycles. The zero-order valence-corrected chi connectivity index (χ0v) is 9.41. The second-order valence-corrected chi connectivity index (χ2v) is 4.01. The molecule has 1 nitrogen and oxygen atoms in total. The fraction of sp³-hybridized carbons (Fsp3) is 0.143. The van der Waals surface area contributed by atoms with Gasteiger partial charge in [0.1, 0.15) is 17.5 Å². The molecule has 2 aromatic carbocycles. The van der Waals surface area contributed by atoms with E-state index in [1.54, 1.807) is 0 Å². The summed E-state index contributed by atoms with van der Waals surface area (Å²) in [4.78, 5) is 0. The SMILES string of the molecule is OC(Cc1ccc(F)cc1F)c1ccc(F)cc1. The second-order valence-electron chi connectivity index (χ2n) is 4.01. The van der Waals surface area contributed by atoms with Crippen LogP contribution in [0, 0.1) is 17.5 Å². The third-order valence-electron chi connectivity index (χ3n) is 2.68. The average molecular weight is 252 g/mol. The van der Waals surface area contributed by atoms with Crippen LogP contribution in [0.1, 0.15) is 17.2 Å². The predicted molar refractivity (Wildman–Crippen MR) is 61.4 cm³/mol. The first-order valence-electron chi connectivity index (χ1n) is 5.44. The van der Waals surface area contributed by atoms with E-state index in [0.717, 1.165) is 12.1 Å². The number of hydrogen-bond donors (Lipinski definition) is 1. The summed E-state index contributed by atoms with van der Waals surface area (Å²) in [5.41, 5.74) is 0.702. The predicted octanol–water partition coefficient (Wildman–Crippen LogP) is 3.38. The van der Waals surface area contributed by atoms with Gasteiger partial charge in [-0.05, 0) is 29.3 Å². The smallest absolute Gasteiger partial charge is 0.129 e. The van der Waals surface area contributed by atoms with Crippen LogP contribution in [0.4, 0.5) is 13.2 Å². The van der Waals surface area contributed by atoms with Gasteiger partial charge < -0.3 is 5.11 Å². The first kappa shape index (κ1) is 12.6. The first-order valence-corrected chi connectivity index (χ1v) is 5.44. The summed E-state index contributed by atoms with van der Waals surface area (Å²) < 4.78 is 38.8. The van der Waals surface area contributed by atoms with Crippen molar-refractivity contribution in [2.75, 3.05) is 0 Å². The zero-order chi connectivity index (χ0) is 13.1. The van der Waals surface area contributed by atoms with Gasteiger partial charge in [0.05, 0.1) is 6.10 Å². The van der Waals surface area contributed by atoms with Gasteiger partial charge >= 0.3 is 0 Å². The summed E-state index contributed by atoms with van der Waals surface area (Å²) in [5.74, 6) is -1.76. The molecule has 0 amide bonds. The molecule has 0 aliphatic rings. The molecule has 0 aliphatic carbocycles. The number of aliphatic hydroxyl groups is 1. The Morgan fingerprint density at radius 3 is 2.11 bits per heavy atom. The molecule has 0 bridgehead atoms. The summed E-state index contributed by atoms with van der Waals surface area (Å²) >= 11 is 0. The first-order chi connectivity index (χ1) is 8.56. The van der Waals surface area contributed by atoms with E-state index in [9.17, 15) is 18.3 Å². The van der Waals surface area contributed by atoms with Crippen molar-refractivity contribution in [3.63, 3.8) is 0 Å². The van der Waals surface area contributed by atoms with E-state index in [0.29, 0.717) is 5.56 Å². The minimum absolute atomic E-state index is 0.0117. The van der Waals surface area contributed by atoms with Gasteiger partial charge in [0.2, 0.25) is 0 Å². The van der Waals surface area contributed by atoms with Gasteiger partial charge in [-0.3, -0.25) is 0 Å². The van der Waals surface area contributed by atoms with Crippen LogP contribution in [0.15, 0.2) is 42.5 Å². The molecule has 1 N–H and O–H groups in total. The summed E-state index contributed by atoms with van der Waals surface area (Å²) in [5, 5.41) is 9.88. The van der Waals surface area contributed by atoms with Crippen LogP contribution in [0.25, 0.3) is 0 Å². The lowest BCUT2D eigenvalue weighted by molar-refractivity contribution is 0.177. The van der Waals surface area contributed by atoms with Crippen LogP contribution in [-0.4, -0.2) is 5.11 Å². The van der Waals surface area contributed by atoms with Gasteiger partial charge in [0.15, 0.2) is 0 Å². The van der Waals surface area contributed by atoms with Crippen molar-refractivity contribution in [2.24, 2.45) is 0 Å². The molecule has 2 rings (SSSR count). The van der Waals surface area contributed by atoms with E-state index in [2.05, 4.69) is 0 Å². The molecule has 2 aromatic rings. The Morgan fingerprint density at radius 1 is 0.889 bits per heavy atom. The minimum atomic E-state index is -0.953. The minimum Gasteiger partial charge on any atom is -0.388 e. The number of halogens is 3. The van der Waals surface area contributed by atoms with Gasteiger partial charge in [-0.2, -0.15) is 0 Å². The third kappa shape index (κ3) is 2.90. The molecule has 1 atom stereocenters. The molecule has 0 fully saturated rings. The molecular weight excluding hydrogens is 241 g/mol. The average Bonchev–Trinajstić information content (AvgIpc) is 2.33. The summed E-state index contributed by atoms with van der Waals surface area (Å²) in [6, 6.07) is 8.50. The highest BCUT2D eigenvalue weighted by Crippen LogP contribution is 2.20. The Hall–Kier alpha value is -1.81. The van der Waals surface area contributed by atoms with Crippen molar-refractivity contribution >= 4 is 0 Å². The van der Waals surface area contributed by atoms with E-state index >= 15 is 0 Å². The van der Waals surface area contributed by atoms with Crippen LogP contribution < -0.4 is 0 Å². The van der Waals surface area contributed by atoms with Crippen molar-refractivity contribution in [3.05, 3.63) is 71.0 Å². The maximum absolute atomic E-state index is 13.4. The quantitative estimate of drug-likeness (QED) is 0.887. The van der Waals surface area contributed by atoms with Crippen LogP contribution in [0.3, 0.4) is 0 Å². The van der Waals surface area contributed by atoms with Crippen LogP contribution >= 0.6 is 0 Å². The lowest BCUT2D eigenvalue weighted by Gasteiger charge is -2.11. The van der Waals surface area contributed by atoms with Crippen molar-refractivity contribution in [1.29, 1.82) is 0 Å². The highest BCUT2D eigenvalue weighted by atomic mass is 19.1. The number of hydrogen-bond acceptors (Lipinski definition) is 1. The zero-order valence-electron chi connectivity index (χ0n) is 9.41. The van der Waals surface area contributed by atoms with E-state index in [-0.39, 0.29) is 12.0 Å². The third-order valence-corrected chi connectivity index (χ3v) is 2.68. The second kappa shape index (κ2) is 5.23. The molecule has 0 aromatic heterocycles. The fourth-order valence-corrected chi connectivity index (χ4v) is 1.70. The maximum atomic E-state index is 13.4. The largest absolute Gasteiger partial charge is 0.388 e. The Kier molecular flexibility index (Phi) is 3.67. The van der Waals surface area contributed by atoms with E-state index < -0.39 is 23.6 Å². The van der Waals surface area contributed by atoms with Crippen LogP contribution in [0.2, 0.25) is 0 Å². The van der Waals surface area contributed by atoms with Gasteiger partial charge in [-0.25, -0.2) is 13.2 Å². The van der Waals surface area contributed by atoms with Crippen LogP contribution in [-0.2, 0) is 6.42 Å². The van der Waals surface area contributed by atoms with Crippen molar-refractivity contribution in [3.8, 4) is 0 Å². The molecule has 4 heteroatoms. The monoisotopic (exact) mass is 252 g/mol. The van der Waals surface area contributed by atoms with E-state index in [4.69, 9.17) is 0 Å². The molecular formula is C14H11F3O. The Morgan fingerprint density at radius 2 is 1.50 bits per heavy atom. The van der Waals surface area contributed by atoms with E-state index in [1.807, 2.05) is 0 Å². The van der Waals surface area contributed by atoms with E-state index in [1.165, 1.54) is 30.3 Å². The molecule has 0 saturated carbocycles. The number of aliphatic hydroxyl groups excluding tert-OH is 1. The molecule has 18 heavy (non-hydrogen) atoms. The van der Waals surface area contributed by atoms with Gasteiger partial charge in [0, 0.05) is 12.5 Å². The normalized spacial score (nSPS) is 12.4. The molecule has 1 unspecified atom stereocenters. The maximum Gasteiger partial charge on any atom is 0.129 e. The lowest BCUT2D eigenvalue weighted by Crippen LogP contribution is -2.04. The summed E-state index contributed by atoms with van der Waals surface area (Å²) in [6.45, 7) is 0. The molecule has 0 spiro atoms. The topological polar surface area (TPSA) is 20.2 Å². The summed E-state index contributed by atoms with van der Waals surface area (Å²) in [7, 11) is 0. The molecule has 0 saturated heterocycles. The highest BCUT2D eigenvalue weighted by Gasteiger charge is 2.12. The standard InChI is InChI=1S/C14H11F3O/c15-11-4-1-9(2-5-11)14(18)7-10-3-6-12(16)8-13(10)17/h1-6,8,14,18H,7H2. The Bertz CT molecular complexity index is 537. The van der Waals surface area contributed by atoms with Gasteiger partial charge in [-0.15, -0.1) is 0 Å².